The maximum atomic E-state index is 6.35. The van der Waals surface area contributed by atoms with Crippen molar-refractivity contribution in [2.75, 3.05) is 13.1 Å². The molecule has 1 heterocycles. The third-order valence-electron chi connectivity index (χ3n) is 3.75. The van der Waals surface area contributed by atoms with E-state index in [1.54, 1.807) is 0 Å². The second-order valence-corrected chi connectivity index (χ2v) is 5.12. The number of rotatable bonds is 4. The number of piperidine rings is 1. The summed E-state index contributed by atoms with van der Waals surface area (Å²) < 4.78 is 0. The zero-order chi connectivity index (χ0) is 12.1. The first-order valence-corrected chi connectivity index (χ1v) is 6.86. The highest BCUT2D eigenvalue weighted by Crippen LogP contribution is 2.25. The number of hydrogen-bond acceptors (Lipinski definition) is 2. The van der Waals surface area contributed by atoms with Gasteiger partial charge in [-0.2, -0.15) is 0 Å². The van der Waals surface area contributed by atoms with Crippen LogP contribution in [0.15, 0.2) is 24.3 Å². The van der Waals surface area contributed by atoms with E-state index >= 15 is 0 Å². The number of nitrogens with two attached hydrogens (primary N) is 1. The van der Waals surface area contributed by atoms with Gasteiger partial charge in [0.2, 0.25) is 0 Å². The maximum Gasteiger partial charge on any atom is 0.0335 e. The highest BCUT2D eigenvalue weighted by molar-refractivity contribution is 5.25. The molecule has 2 nitrogen and oxygen atoms in total. The molecule has 1 saturated heterocycles. The lowest BCUT2D eigenvalue weighted by Crippen LogP contribution is -2.36. The number of aryl methyl sites for hydroxylation is 1. The van der Waals surface area contributed by atoms with E-state index in [0.717, 1.165) is 13.1 Å². The molecular weight excluding hydrogens is 208 g/mol. The lowest BCUT2D eigenvalue weighted by molar-refractivity contribution is 0.326. The Balaban J connectivity index is 2.00. The molecule has 1 aliphatic rings. The third kappa shape index (κ3) is 3.30. The monoisotopic (exact) mass is 232 g/mol. The van der Waals surface area contributed by atoms with E-state index < -0.39 is 0 Å². The van der Waals surface area contributed by atoms with Crippen LogP contribution in [0.3, 0.4) is 0 Å². The van der Waals surface area contributed by atoms with Crippen LogP contribution < -0.4 is 11.1 Å². The van der Waals surface area contributed by atoms with Crippen molar-refractivity contribution in [3.63, 3.8) is 0 Å². The van der Waals surface area contributed by atoms with Crippen LogP contribution in [0.2, 0.25) is 0 Å². The summed E-state index contributed by atoms with van der Waals surface area (Å²) in [4.78, 5) is 0. The van der Waals surface area contributed by atoms with Gasteiger partial charge >= 0.3 is 0 Å². The Morgan fingerprint density at radius 2 is 2.12 bits per heavy atom. The molecule has 2 unspecified atom stereocenters. The van der Waals surface area contributed by atoms with Crippen LogP contribution in [0.25, 0.3) is 0 Å². The van der Waals surface area contributed by atoms with Gasteiger partial charge in [0.25, 0.3) is 0 Å². The van der Waals surface area contributed by atoms with Gasteiger partial charge in [-0.05, 0) is 49.4 Å². The minimum absolute atomic E-state index is 0.193. The Kier molecular flexibility index (Phi) is 4.57. The molecule has 2 atom stereocenters. The van der Waals surface area contributed by atoms with E-state index in [0.29, 0.717) is 5.92 Å². The zero-order valence-corrected chi connectivity index (χ0v) is 10.8. The predicted octanol–water partition coefficient (Wildman–Crippen LogP) is 2.64. The molecule has 0 bridgehead atoms. The SMILES string of the molecule is CCCc1ccc(C(N)C2CCCNC2)cc1. The molecule has 2 rings (SSSR count). The van der Waals surface area contributed by atoms with Crippen molar-refractivity contribution >= 4 is 0 Å². The van der Waals surface area contributed by atoms with E-state index in [9.17, 15) is 0 Å². The first-order valence-electron chi connectivity index (χ1n) is 6.86. The summed E-state index contributed by atoms with van der Waals surface area (Å²) in [7, 11) is 0. The molecule has 0 aliphatic carbocycles. The Morgan fingerprint density at radius 1 is 1.35 bits per heavy atom. The molecule has 0 amide bonds. The highest BCUT2D eigenvalue weighted by atomic mass is 14.9. The Morgan fingerprint density at radius 3 is 2.71 bits per heavy atom. The molecule has 0 spiro atoms. The van der Waals surface area contributed by atoms with E-state index in [1.165, 1.54) is 36.8 Å². The topological polar surface area (TPSA) is 38.0 Å². The van der Waals surface area contributed by atoms with Gasteiger partial charge in [-0.1, -0.05) is 37.6 Å². The van der Waals surface area contributed by atoms with Crippen LogP contribution in [0.4, 0.5) is 0 Å². The molecular formula is C15H24N2. The lowest BCUT2D eigenvalue weighted by atomic mass is 9.87. The first-order chi connectivity index (χ1) is 8.31. The van der Waals surface area contributed by atoms with Crippen LogP contribution in [-0.4, -0.2) is 13.1 Å². The average Bonchev–Trinajstić information content (AvgIpc) is 2.40. The lowest BCUT2D eigenvalue weighted by Gasteiger charge is -2.28. The van der Waals surface area contributed by atoms with Gasteiger partial charge in [0, 0.05) is 6.04 Å². The maximum absolute atomic E-state index is 6.35. The fourth-order valence-corrected chi connectivity index (χ4v) is 2.65. The van der Waals surface area contributed by atoms with Gasteiger partial charge < -0.3 is 11.1 Å². The van der Waals surface area contributed by atoms with Crippen molar-refractivity contribution in [1.82, 2.24) is 5.32 Å². The molecule has 3 N–H and O–H groups in total. The standard InChI is InChI=1S/C15H24N2/c1-2-4-12-6-8-13(9-7-12)15(16)14-5-3-10-17-11-14/h6-9,14-15,17H,2-5,10-11,16H2,1H3. The normalized spacial score (nSPS) is 22.4. The Bertz CT molecular complexity index is 325. The summed E-state index contributed by atoms with van der Waals surface area (Å²) >= 11 is 0. The van der Waals surface area contributed by atoms with Crippen molar-refractivity contribution in [2.45, 2.75) is 38.6 Å². The largest absolute Gasteiger partial charge is 0.324 e. The Labute approximate surface area is 105 Å². The molecule has 1 fully saturated rings. The van der Waals surface area contributed by atoms with Crippen molar-refractivity contribution in [3.05, 3.63) is 35.4 Å². The van der Waals surface area contributed by atoms with Crippen molar-refractivity contribution in [3.8, 4) is 0 Å². The van der Waals surface area contributed by atoms with Crippen LogP contribution in [0.5, 0.6) is 0 Å². The molecule has 1 aliphatic heterocycles. The van der Waals surface area contributed by atoms with E-state index in [1.807, 2.05) is 0 Å². The van der Waals surface area contributed by atoms with Gasteiger partial charge in [0.1, 0.15) is 0 Å². The number of benzene rings is 1. The number of nitrogens with one attached hydrogen (secondary N) is 1. The van der Waals surface area contributed by atoms with E-state index in [2.05, 4.69) is 36.5 Å². The summed E-state index contributed by atoms with van der Waals surface area (Å²) in [5.41, 5.74) is 9.07. The fourth-order valence-electron chi connectivity index (χ4n) is 2.65. The highest BCUT2D eigenvalue weighted by Gasteiger charge is 2.21. The summed E-state index contributed by atoms with van der Waals surface area (Å²) in [6.45, 7) is 4.43. The van der Waals surface area contributed by atoms with Crippen LogP contribution >= 0.6 is 0 Å². The molecule has 94 valence electrons. The second kappa shape index (κ2) is 6.18. The van der Waals surface area contributed by atoms with Crippen LogP contribution in [0, 0.1) is 5.92 Å². The van der Waals surface area contributed by atoms with E-state index in [4.69, 9.17) is 5.73 Å². The summed E-state index contributed by atoms with van der Waals surface area (Å²) in [6, 6.07) is 9.08. The first kappa shape index (κ1) is 12.6. The van der Waals surface area contributed by atoms with Gasteiger partial charge in [-0.15, -0.1) is 0 Å². The van der Waals surface area contributed by atoms with Gasteiger partial charge in [0.15, 0.2) is 0 Å². The van der Waals surface area contributed by atoms with E-state index in [-0.39, 0.29) is 6.04 Å². The quantitative estimate of drug-likeness (QED) is 0.837. The molecule has 1 aromatic carbocycles. The summed E-state index contributed by atoms with van der Waals surface area (Å²) in [6.07, 6.45) is 4.88. The average molecular weight is 232 g/mol. The Hall–Kier alpha value is -0.860. The minimum atomic E-state index is 0.193. The molecule has 0 saturated carbocycles. The molecule has 0 radical (unpaired) electrons. The van der Waals surface area contributed by atoms with Crippen molar-refractivity contribution in [2.24, 2.45) is 11.7 Å². The van der Waals surface area contributed by atoms with Gasteiger partial charge in [-0.3, -0.25) is 0 Å². The van der Waals surface area contributed by atoms with Crippen molar-refractivity contribution < 1.29 is 0 Å². The van der Waals surface area contributed by atoms with Crippen LogP contribution in [0.1, 0.15) is 43.4 Å². The summed E-state index contributed by atoms with van der Waals surface area (Å²) in [5, 5.41) is 3.44. The van der Waals surface area contributed by atoms with Crippen molar-refractivity contribution in [1.29, 1.82) is 0 Å². The fraction of sp³-hybridized carbons (Fsp3) is 0.600. The zero-order valence-electron chi connectivity index (χ0n) is 10.8. The van der Waals surface area contributed by atoms with Gasteiger partial charge in [-0.25, -0.2) is 0 Å². The number of hydrogen-bond donors (Lipinski definition) is 2. The third-order valence-corrected chi connectivity index (χ3v) is 3.75. The van der Waals surface area contributed by atoms with Crippen LogP contribution in [-0.2, 0) is 6.42 Å². The molecule has 1 aromatic rings. The van der Waals surface area contributed by atoms with Gasteiger partial charge in [0.05, 0.1) is 0 Å². The second-order valence-electron chi connectivity index (χ2n) is 5.12. The minimum Gasteiger partial charge on any atom is -0.324 e. The molecule has 2 heteroatoms. The summed E-state index contributed by atoms with van der Waals surface area (Å²) in [5.74, 6) is 0.598. The predicted molar refractivity (Wildman–Crippen MR) is 73.0 cm³/mol. The smallest absolute Gasteiger partial charge is 0.0335 e. The molecule has 17 heavy (non-hydrogen) atoms. The molecule has 0 aromatic heterocycles.